The Morgan fingerprint density at radius 1 is 1.11 bits per heavy atom. The van der Waals surface area contributed by atoms with Crippen molar-refractivity contribution in [3.63, 3.8) is 0 Å². The van der Waals surface area contributed by atoms with E-state index in [1.54, 1.807) is 11.0 Å². The summed E-state index contributed by atoms with van der Waals surface area (Å²) in [5.74, 6) is 0.159. The molecule has 3 aromatic rings. The molecule has 1 saturated heterocycles. The van der Waals surface area contributed by atoms with Gasteiger partial charge in [0.1, 0.15) is 5.75 Å². The van der Waals surface area contributed by atoms with Crippen molar-refractivity contribution in [3.8, 4) is 5.75 Å². The molecule has 1 aliphatic rings. The number of rotatable bonds is 10. The number of amides is 2. The monoisotopic (exact) mass is 593 g/mol. The Morgan fingerprint density at radius 3 is 2.58 bits per heavy atom. The lowest BCUT2D eigenvalue weighted by atomic mass is 10.2. The first-order valence-electron chi connectivity index (χ1n) is 12.1. The number of nitrogens with one attached hydrogen (secondary N) is 1. The van der Waals surface area contributed by atoms with Gasteiger partial charge >= 0.3 is 0 Å². The number of carbonyl (C=O) groups is 2. The number of anilines is 1. The van der Waals surface area contributed by atoms with Crippen molar-refractivity contribution in [1.29, 1.82) is 0 Å². The fraction of sp³-hybridized carbons (Fsp3) is 0.207. The van der Waals surface area contributed by atoms with Crippen molar-refractivity contribution >= 4 is 62.1 Å². The number of hydrogen-bond acceptors (Lipinski definition) is 6. The molecule has 1 heterocycles. The lowest BCUT2D eigenvalue weighted by molar-refractivity contribution is -0.122. The van der Waals surface area contributed by atoms with E-state index in [1.165, 1.54) is 11.8 Å². The highest BCUT2D eigenvalue weighted by atomic mass is 79.9. The zero-order valence-corrected chi connectivity index (χ0v) is 23.6. The van der Waals surface area contributed by atoms with Crippen LogP contribution >= 0.6 is 27.7 Å². The number of carbonyl (C=O) groups excluding carboxylic acids is 2. The number of ether oxygens (including phenoxy) is 2. The van der Waals surface area contributed by atoms with Crippen LogP contribution in [0.5, 0.6) is 5.75 Å². The van der Waals surface area contributed by atoms with Crippen LogP contribution in [-0.4, -0.2) is 48.2 Å². The minimum Gasteiger partial charge on any atom is -0.483 e. The first kappa shape index (κ1) is 27.6. The second kappa shape index (κ2) is 13.4. The Balaban J connectivity index is 1.44. The SMILES string of the molecule is CCOCCN1C(=O)/C(=C/c2ccc(OCC(=O)Nc3ccc(C)cc3)c(Br)c2)SC1=Nc1ccccc1. The number of aliphatic imine (C=N–C) groups is 1. The normalized spacial score (nSPS) is 15.3. The molecule has 0 radical (unpaired) electrons. The van der Waals surface area contributed by atoms with Crippen LogP contribution in [-0.2, 0) is 14.3 Å². The Labute approximate surface area is 235 Å². The van der Waals surface area contributed by atoms with Gasteiger partial charge < -0.3 is 14.8 Å². The third-order valence-corrected chi connectivity index (χ3v) is 7.11. The largest absolute Gasteiger partial charge is 0.483 e. The number of aryl methyl sites for hydroxylation is 1. The van der Waals surface area contributed by atoms with Gasteiger partial charge in [0, 0.05) is 12.3 Å². The van der Waals surface area contributed by atoms with Crippen LogP contribution < -0.4 is 10.1 Å². The molecular weight excluding hydrogens is 566 g/mol. The third-order valence-electron chi connectivity index (χ3n) is 5.48. The number of thioether (sulfide) groups is 1. The van der Waals surface area contributed by atoms with Crippen molar-refractivity contribution in [2.24, 2.45) is 4.99 Å². The quantitative estimate of drug-likeness (QED) is 0.217. The lowest BCUT2D eigenvalue weighted by Gasteiger charge is -2.15. The summed E-state index contributed by atoms with van der Waals surface area (Å²) in [4.78, 5) is 32.4. The maximum absolute atomic E-state index is 13.2. The summed E-state index contributed by atoms with van der Waals surface area (Å²) in [6, 6.07) is 22.6. The van der Waals surface area contributed by atoms with Crippen LogP contribution in [0.25, 0.3) is 6.08 Å². The third kappa shape index (κ3) is 7.56. The standard InChI is InChI=1S/C29H28BrN3O4S/c1-3-36-16-15-33-28(35)26(38-29(33)32-22-7-5-4-6-8-22)18-21-11-14-25(24(30)17-21)37-19-27(34)31-23-12-9-20(2)10-13-23/h4-14,17-18H,3,15-16,19H2,1-2H3,(H,31,34)/b26-18-,32-29?. The molecule has 0 aromatic heterocycles. The molecule has 1 N–H and O–H groups in total. The summed E-state index contributed by atoms with van der Waals surface area (Å²) < 4.78 is 11.9. The minimum absolute atomic E-state index is 0.117. The Morgan fingerprint density at radius 2 is 1.87 bits per heavy atom. The van der Waals surface area contributed by atoms with E-state index in [9.17, 15) is 9.59 Å². The van der Waals surface area contributed by atoms with Gasteiger partial charge in [-0.05, 0) is 89.6 Å². The number of hydrogen-bond donors (Lipinski definition) is 1. The van der Waals surface area contributed by atoms with Crippen LogP contribution in [0.3, 0.4) is 0 Å². The van der Waals surface area contributed by atoms with Crippen LogP contribution in [0.1, 0.15) is 18.1 Å². The van der Waals surface area contributed by atoms with E-state index < -0.39 is 0 Å². The van der Waals surface area contributed by atoms with Crippen molar-refractivity contribution in [3.05, 3.63) is 93.3 Å². The lowest BCUT2D eigenvalue weighted by Crippen LogP contribution is -2.32. The van der Waals surface area contributed by atoms with Crippen LogP contribution in [0, 0.1) is 6.92 Å². The first-order chi connectivity index (χ1) is 18.4. The van der Waals surface area contributed by atoms with Gasteiger partial charge in [0.2, 0.25) is 0 Å². The maximum Gasteiger partial charge on any atom is 0.266 e. The molecule has 0 bridgehead atoms. The maximum atomic E-state index is 13.2. The molecular formula is C29H28BrN3O4S. The molecule has 9 heteroatoms. The molecule has 196 valence electrons. The summed E-state index contributed by atoms with van der Waals surface area (Å²) in [5.41, 5.74) is 3.43. The number of nitrogens with zero attached hydrogens (tertiary/aromatic N) is 2. The molecule has 4 rings (SSSR count). The Bertz CT molecular complexity index is 1340. The number of halogens is 1. The highest BCUT2D eigenvalue weighted by Gasteiger charge is 2.33. The van der Waals surface area contributed by atoms with Gasteiger partial charge in [0.15, 0.2) is 11.8 Å². The summed E-state index contributed by atoms with van der Waals surface area (Å²) in [6.45, 7) is 5.21. The fourth-order valence-corrected chi connectivity index (χ4v) is 5.09. The summed E-state index contributed by atoms with van der Waals surface area (Å²) in [7, 11) is 0. The molecule has 1 aliphatic heterocycles. The second-order valence-electron chi connectivity index (χ2n) is 8.39. The average Bonchev–Trinajstić information content (AvgIpc) is 3.19. The van der Waals surface area contributed by atoms with E-state index in [4.69, 9.17) is 9.47 Å². The fourth-order valence-electron chi connectivity index (χ4n) is 3.55. The van der Waals surface area contributed by atoms with E-state index in [1.807, 2.05) is 86.7 Å². The predicted molar refractivity (Wildman–Crippen MR) is 157 cm³/mol. The van der Waals surface area contributed by atoms with Crippen molar-refractivity contribution < 1.29 is 19.1 Å². The summed E-state index contributed by atoms with van der Waals surface area (Å²) >= 11 is 4.85. The zero-order chi connectivity index (χ0) is 26.9. The van der Waals surface area contributed by atoms with Gasteiger partial charge in [0.25, 0.3) is 11.8 Å². The number of benzene rings is 3. The molecule has 1 fully saturated rings. The summed E-state index contributed by atoms with van der Waals surface area (Å²) in [6.07, 6.45) is 1.83. The van der Waals surface area contributed by atoms with E-state index in [2.05, 4.69) is 26.2 Å². The number of amidine groups is 1. The van der Waals surface area contributed by atoms with Crippen LogP contribution in [0.15, 0.2) is 87.2 Å². The van der Waals surface area contributed by atoms with Crippen molar-refractivity contribution in [2.75, 3.05) is 31.7 Å². The molecule has 0 spiro atoms. The van der Waals surface area contributed by atoms with Gasteiger partial charge in [-0.2, -0.15) is 0 Å². The minimum atomic E-state index is -0.253. The predicted octanol–water partition coefficient (Wildman–Crippen LogP) is 6.42. The van der Waals surface area contributed by atoms with Gasteiger partial charge in [-0.1, -0.05) is 42.0 Å². The van der Waals surface area contributed by atoms with Crippen molar-refractivity contribution in [1.82, 2.24) is 4.90 Å². The first-order valence-corrected chi connectivity index (χ1v) is 13.8. The smallest absolute Gasteiger partial charge is 0.266 e. The number of para-hydroxylation sites is 1. The Hall–Kier alpha value is -3.40. The highest BCUT2D eigenvalue weighted by Crippen LogP contribution is 2.35. The molecule has 0 unspecified atom stereocenters. The molecule has 0 atom stereocenters. The molecule has 7 nitrogen and oxygen atoms in total. The average molecular weight is 595 g/mol. The van der Waals surface area contributed by atoms with E-state index in [0.29, 0.717) is 40.1 Å². The van der Waals surface area contributed by atoms with Gasteiger partial charge in [-0.25, -0.2) is 4.99 Å². The van der Waals surface area contributed by atoms with E-state index in [-0.39, 0.29) is 18.4 Å². The van der Waals surface area contributed by atoms with Crippen LogP contribution in [0.4, 0.5) is 11.4 Å². The highest BCUT2D eigenvalue weighted by molar-refractivity contribution is 9.10. The molecule has 0 saturated carbocycles. The molecule has 0 aliphatic carbocycles. The van der Waals surface area contributed by atoms with E-state index >= 15 is 0 Å². The van der Waals surface area contributed by atoms with Gasteiger partial charge in [-0.3, -0.25) is 14.5 Å². The summed E-state index contributed by atoms with van der Waals surface area (Å²) in [5, 5.41) is 3.43. The second-order valence-corrected chi connectivity index (χ2v) is 10.3. The molecule has 2 amide bonds. The van der Waals surface area contributed by atoms with Gasteiger partial charge in [0.05, 0.1) is 28.2 Å². The van der Waals surface area contributed by atoms with Gasteiger partial charge in [-0.15, -0.1) is 0 Å². The molecule has 38 heavy (non-hydrogen) atoms. The zero-order valence-electron chi connectivity index (χ0n) is 21.1. The van der Waals surface area contributed by atoms with Crippen molar-refractivity contribution in [2.45, 2.75) is 13.8 Å². The van der Waals surface area contributed by atoms with E-state index in [0.717, 1.165) is 22.5 Å². The Kier molecular flexibility index (Phi) is 9.75. The molecule has 3 aromatic carbocycles. The van der Waals surface area contributed by atoms with Crippen LogP contribution in [0.2, 0.25) is 0 Å². The topological polar surface area (TPSA) is 80.2 Å².